The van der Waals surface area contributed by atoms with Gasteiger partial charge in [-0.2, -0.15) is 0 Å². The molecular formula is C13H17Cl2N. The number of rotatable bonds is 2. The van der Waals surface area contributed by atoms with Crippen molar-refractivity contribution in [2.75, 3.05) is 11.4 Å². The van der Waals surface area contributed by atoms with Crippen LogP contribution >= 0.6 is 23.2 Å². The lowest BCUT2D eigenvalue weighted by Crippen LogP contribution is -2.38. The van der Waals surface area contributed by atoms with E-state index in [1.807, 2.05) is 12.1 Å². The number of anilines is 1. The first-order valence-electron chi connectivity index (χ1n) is 5.84. The minimum Gasteiger partial charge on any atom is -0.367 e. The summed E-state index contributed by atoms with van der Waals surface area (Å²) in [6.45, 7) is 3.36. The number of alkyl halides is 1. The SMILES string of the molecule is CC1CCCCN1c1c(Cl)cccc1CCl. The van der Waals surface area contributed by atoms with E-state index in [4.69, 9.17) is 23.2 Å². The number of para-hydroxylation sites is 1. The van der Waals surface area contributed by atoms with E-state index in [0.717, 1.165) is 22.8 Å². The molecule has 1 aliphatic heterocycles. The Morgan fingerprint density at radius 2 is 2.19 bits per heavy atom. The maximum Gasteiger partial charge on any atom is 0.0642 e. The second-order valence-corrected chi connectivity index (χ2v) is 5.09. The van der Waals surface area contributed by atoms with Crippen molar-refractivity contribution < 1.29 is 0 Å². The Hall–Kier alpha value is -0.400. The molecule has 1 aliphatic rings. The fraction of sp³-hybridized carbons (Fsp3) is 0.538. The largest absolute Gasteiger partial charge is 0.367 e. The van der Waals surface area contributed by atoms with Crippen LogP contribution in [-0.2, 0) is 5.88 Å². The van der Waals surface area contributed by atoms with Gasteiger partial charge in [-0.15, -0.1) is 11.6 Å². The number of piperidine rings is 1. The maximum absolute atomic E-state index is 6.31. The van der Waals surface area contributed by atoms with Crippen LogP contribution in [0.25, 0.3) is 0 Å². The highest BCUT2D eigenvalue weighted by Gasteiger charge is 2.22. The molecule has 3 heteroatoms. The summed E-state index contributed by atoms with van der Waals surface area (Å²) in [5.74, 6) is 0.527. The van der Waals surface area contributed by atoms with Crippen molar-refractivity contribution in [3.8, 4) is 0 Å². The lowest BCUT2D eigenvalue weighted by atomic mass is 10.0. The van der Waals surface area contributed by atoms with Crippen LogP contribution in [0.2, 0.25) is 5.02 Å². The first-order chi connectivity index (χ1) is 7.74. The van der Waals surface area contributed by atoms with Crippen molar-refractivity contribution in [1.82, 2.24) is 0 Å². The molecular weight excluding hydrogens is 241 g/mol. The predicted molar refractivity (Wildman–Crippen MR) is 71.7 cm³/mol. The average Bonchev–Trinajstić information content (AvgIpc) is 2.30. The van der Waals surface area contributed by atoms with Crippen molar-refractivity contribution >= 4 is 28.9 Å². The summed E-state index contributed by atoms with van der Waals surface area (Å²) in [4.78, 5) is 2.41. The van der Waals surface area contributed by atoms with E-state index in [0.29, 0.717) is 11.9 Å². The van der Waals surface area contributed by atoms with Gasteiger partial charge in [0.15, 0.2) is 0 Å². The third-order valence-electron chi connectivity index (χ3n) is 3.30. The first kappa shape index (κ1) is 12.1. The van der Waals surface area contributed by atoms with Crippen molar-refractivity contribution in [2.24, 2.45) is 0 Å². The Kier molecular flexibility index (Phi) is 3.99. The minimum absolute atomic E-state index is 0.527. The lowest BCUT2D eigenvalue weighted by molar-refractivity contribution is 0.484. The van der Waals surface area contributed by atoms with Gasteiger partial charge in [-0.05, 0) is 37.8 Å². The van der Waals surface area contributed by atoms with E-state index >= 15 is 0 Å². The molecule has 1 heterocycles. The standard InChI is InChI=1S/C13H17Cl2N/c1-10-5-2-3-8-16(10)13-11(9-14)6-4-7-12(13)15/h4,6-7,10H,2-3,5,8-9H2,1H3. The zero-order valence-corrected chi connectivity index (χ0v) is 11.1. The fourth-order valence-corrected chi connectivity index (χ4v) is 2.94. The van der Waals surface area contributed by atoms with E-state index in [1.54, 1.807) is 0 Å². The molecule has 16 heavy (non-hydrogen) atoms. The van der Waals surface area contributed by atoms with Crippen LogP contribution in [0.15, 0.2) is 18.2 Å². The number of hydrogen-bond donors (Lipinski definition) is 0. The molecule has 1 nitrogen and oxygen atoms in total. The molecule has 0 radical (unpaired) electrons. The van der Waals surface area contributed by atoms with Gasteiger partial charge < -0.3 is 4.90 Å². The molecule has 1 aromatic carbocycles. The Morgan fingerprint density at radius 1 is 1.38 bits per heavy atom. The number of benzene rings is 1. The van der Waals surface area contributed by atoms with E-state index in [1.165, 1.54) is 19.3 Å². The predicted octanol–water partition coefficient (Wildman–Crippen LogP) is 4.46. The van der Waals surface area contributed by atoms with E-state index < -0.39 is 0 Å². The van der Waals surface area contributed by atoms with Crippen LogP contribution in [0, 0.1) is 0 Å². The molecule has 0 aromatic heterocycles. The smallest absolute Gasteiger partial charge is 0.0642 e. The lowest BCUT2D eigenvalue weighted by Gasteiger charge is -2.37. The van der Waals surface area contributed by atoms with Crippen molar-refractivity contribution in [3.63, 3.8) is 0 Å². The Bertz CT molecular complexity index is 365. The Labute approximate surface area is 107 Å². The summed E-state index contributed by atoms with van der Waals surface area (Å²) < 4.78 is 0. The van der Waals surface area contributed by atoms with E-state index in [2.05, 4.69) is 17.9 Å². The zero-order valence-electron chi connectivity index (χ0n) is 9.55. The van der Waals surface area contributed by atoms with E-state index in [9.17, 15) is 0 Å². The number of nitrogens with zero attached hydrogens (tertiary/aromatic N) is 1. The first-order valence-corrected chi connectivity index (χ1v) is 6.75. The molecule has 1 aromatic rings. The fourth-order valence-electron chi connectivity index (χ4n) is 2.42. The van der Waals surface area contributed by atoms with Gasteiger partial charge in [0.2, 0.25) is 0 Å². The molecule has 1 unspecified atom stereocenters. The van der Waals surface area contributed by atoms with Crippen LogP contribution in [0.5, 0.6) is 0 Å². The van der Waals surface area contributed by atoms with E-state index in [-0.39, 0.29) is 0 Å². The second kappa shape index (κ2) is 5.29. The molecule has 0 N–H and O–H groups in total. The Balaban J connectivity index is 2.37. The zero-order chi connectivity index (χ0) is 11.5. The van der Waals surface area contributed by atoms with Gasteiger partial charge in [0.1, 0.15) is 0 Å². The molecule has 0 spiro atoms. The van der Waals surface area contributed by atoms with Crippen molar-refractivity contribution in [1.29, 1.82) is 0 Å². The molecule has 0 saturated carbocycles. The third kappa shape index (κ3) is 2.31. The normalized spacial score (nSPS) is 21.2. The average molecular weight is 258 g/mol. The van der Waals surface area contributed by atoms with Crippen molar-refractivity contribution in [3.05, 3.63) is 28.8 Å². The van der Waals surface area contributed by atoms with Gasteiger partial charge in [0, 0.05) is 18.5 Å². The second-order valence-electron chi connectivity index (χ2n) is 4.42. The summed E-state index contributed by atoms with van der Waals surface area (Å²) in [6.07, 6.45) is 3.81. The summed E-state index contributed by atoms with van der Waals surface area (Å²) in [5, 5.41) is 0.826. The van der Waals surface area contributed by atoms with Crippen LogP contribution in [-0.4, -0.2) is 12.6 Å². The van der Waals surface area contributed by atoms with Crippen LogP contribution < -0.4 is 4.90 Å². The van der Waals surface area contributed by atoms with Gasteiger partial charge in [-0.25, -0.2) is 0 Å². The molecule has 0 bridgehead atoms. The van der Waals surface area contributed by atoms with Gasteiger partial charge in [-0.1, -0.05) is 23.7 Å². The van der Waals surface area contributed by atoms with Gasteiger partial charge in [0.05, 0.1) is 10.7 Å². The summed E-state index contributed by atoms with van der Waals surface area (Å²) in [6, 6.07) is 6.55. The van der Waals surface area contributed by atoms with Crippen LogP contribution in [0.3, 0.4) is 0 Å². The molecule has 1 fully saturated rings. The topological polar surface area (TPSA) is 3.24 Å². The highest BCUT2D eigenvalue weighted by molar-refractivity contribution is 6.33. The minimum atomic E-state index is 0.527. The van der Waals surface area contributed by atoms with Crippen LogP contribution in [0.4, 0.5) is 5.69 Å². The third-order valence-corrected chi connectivity index (χ3v) is 3.90. The monoisotopic (exact) mass is 257 g/mol. The molecule has 0 aliphatic carbocycles. The molecule has 1 saturated heterocycles. The van der Waals surface area contributed by atoms with Crippen molar-refractivity contribution in [2.45, 2.75) is 38.1 Å². The summed E-state index contributed by atoms with van der Waals surface area (Å²) in [7, 11) is 0. The van der Waals surface area contributed by atoms with Crippen LogP contribution in [0.1, 0.15) is 31.7 Å². The maximum atomic E-state index is 6.31. The quantitative estimate of drug-likeness (QED) is 0.708. The molecule has 0 amide bonds. The highest BCUT2D eigenvalue weighted by Crippen LogP contribution is 2.34. The molecule has 2 rings (SSSR count). The number of halogens is 2. The Morgan fingerprint density at radius 3 is 2.88 bits per heavy atom. The highest BCUT2D eigenvalue weighted by atomic mass is 35.5. The van der Waals surface area contributed by atoms with Gasteiger partial charge >= 0.3 is 0 Å². The summed E-state index contributed by atoms with van der Waals surface area (Å²) in [5.41, 5.74) is 2.29. The van der Waals surface area contributed by atoms with Gasteiger partial charge in [0.25, 0.3) is 0 Å². The molecule has 1 atom stereocenters. The van der Waals surface area contributed by atoms with Gasteiger partial charge in [-0.3, -0.25) is 0 Å². The number of hydrogen-bond acceptors (Lipinski definition) is 1. The molecule has 88 valence electrons. The summed E-state index contributed by atoms with van der Waals surface area (Å²) >= 11 is 12.3.